The van der Waals surface area contributed by atoms with Crippen LogP contribution in [0.3, 0.4) is 0 Å². The van der Waals surface area contributed by atoms with Crippen LogP contribution in [0.25, 0.3) is 0 Å². The van der Waals surface area contributed by atoms with Crippen molar-refractivity contribution in [2.75, 3.05) is 0 Å². The Morgan fingerprint density at radius 1 is 1.08 bits per heavy atom. The first-order chi connectivity index (χ1) is 6.20. The van der Waals surface area contributed by atoms with Gasteiger partial charge < -0.3 is 0 Å². The smallest absolute Gasteiger partial charge is 0.247 e. The molecule has 3 rings (SSSR count). The molecule has 70 valence electrons. The fourth-order valence-corrected chi connectivity index (χ4v) is 3.43. The van der Waals surface area contributed by atoms with Crippen molar-refractivity contribution in [1.82, 2.24) is 5.01 Å². The maximum atomic E-state index is 11.6. The molecule has 3 aliphatic rings. The van der Waals surface area contributed by atoms with Crippen LogP contribution in [-0.4, -0.2) is 16.8 Å². The summed E-state index contributed by atoms with van der Waals surface area (Å²) in [7, 11) is 0. The number of carbonyl (C=O) groups is 2. The molecule has 13 heavy (non-hydrogen) atoms. The van der Waals surface area contributed by atoms with Crippen molar-refractivity contribution < 1.29 is 9.59 Å². The second-order valence-corrected chi connectivity index (χ2v) is 4.43. The first-order valence-corrected chi connectivity index (χ1v) is 4.82. The molecule has 0 aromatic carbocycles. The van der Waals surface area contributed by atoms with Crippen molar-refractivity contribution in [2.45, 2.75) is 19.3 Å². The molecule has 0 unspecified atom stereocenters. The van der Waals surface area contributed by atoms with Gasteiger partial charge in [-0.3, -0.25) is 9.59 Å². The zero-order valence-corrected chi connectivity index (χ0v) is 7.27. The van der Waals surface area contributed by atoms with Crippen LogP contribution in [0.2, 0.25) is 0 Å². The van der Waals surface area contributed by atoms with Gasteiger partial charge in [-0.2, -0.15) is 0 Å². The van der Waals surface area contributed by atoms with E-state index in [1.54, 1.807) is 0 Å². The predicted octanol–water partition coefficient (Wildman–Crippen LogP) is -0.109. The van der Waals surface area contributed by atoms with Crippen LogP contribution in [0.15, 0.2) is 0 Å². The molecule has 0 aromatic heterocycles. The normalized spacial score (nSPS) is 47.6. The number of fused-ring (bicyclic) bond motifs is 5. The van der Waals surface area contributed by atoms with Crippen molar-refractivity contribution in [3.05, 3.63) is 0 Å². The van der Waals surface area contributed by atoms with Gasteiger partial charge in [-0.15, -0.1) is 0 Å². The molecule has 0 spiro atoms. The summed E-state index contributed by atoms with van der Waals surface area (Å²) < 4.78 is 0. The summed E-state index contributed by atoms with van der Waals surface area (Å²) in [6, 6.07) is 0. The first-order valence-electron chi connectivity index (χ1n) is 4.82. The third-order valence-corrected chi connectivity index (χ3v) is 3.96. The molecule has 2 aliphatic carbocycles. The second kappa shape index (κ2) is 2.12. The van der Waals surface area contributed by atoms with Crippen molar-refractivity contribution in [3.8, 4) is 0 Å². The van der Waals surface area contributed by atoms with Gasteiger partial charge in [0, 0.05) is 0 Å². The second-order valence-electron chi connectivity index (χ2n) is 4.43. The van der Waals surface area contributed by atoms with Gasteiger partial charge >= 0.3 is 0 Å². The Bertz CT molecular complexity index is 274. The molecular weight excluding hydrogens is 168 g/mol. The van der Waals surface area contributed by atoms with E-state index in [-0.39, 0.29) is 23.7 Å². The average molecular weight is 180 g/mol. The zero-order chi connectivity index (χ0) is 9.16. The molecule has 4 nitrogen and oxygen atoms in total. The number of carbonyl (C=O) groups excluding carboxylic acids is 2. The molecule has 1 aliphatic heterocycles. The third kappa shape index (κ3) is 0.705. The van der Waals surface area contributed by atoms with Crippen LogP contribution in [0.5, 0.6) is 0 Å². The Morgan fingerprint density at radius 3 is 2.00 bits per heavy atom. The van der Waals surface area contributed by atoms with Gasteiger partial charge in [0.15, 0.2) is 0 Å². The summed E-state index contributed by atoms with van der Waals surface area (Å²) in [5.41, 5.74) is 0. The number of hydrogen-bond donors (Lipinski definition) is 1. The van der Waals surface area contributed by atoms with E-state index in [0.29, 0.717) is 11.8 Å². The molecular formula is C9H12N2O2. The minimum atomic E-state index is -0.137. The lowest BCUT2D eigenvalue weighted by molar-refractivity contribution is -0.141. The maximum absolute atomic E-state index is 11.6. The van der Waals surface area contributed by atoms with Crippen LogP contribution in [0.4, 0.5) is 0 Å². The maximum Gasteiger partial charge on any atom is 0.247 e. The molecule has 1 saturated heterocycles. The number of hydrogen-bond acceptors (Lipinski definition) is 3. The Hall–Kier alpha value is -0.900. The molecule has 0 radical (unpaired) electrons. The van der Waals surface area contributed by atoms with Gasteiger partial charge in [0.2, 0.25) is 11.8 Å². The number of imide groups is 1. The number of rotatable bonds is 0. The standard InChI is InChI=1S/C9H12N2O2/c10-11-8(12)6-4-1-2-5(3-4)7(6)9(11)13/h4-7H,1-3,10H2/t4-,5+,6-,7+. The number of nitrogens with zero attached hydrogens (tertiary/aromatic N) is 1. The summed E-state index contributed by atoms with van der Waals surface area (Å²) in [5, 5.41) is 0.847. The minimum absolute atomic E-state index is 0.0590. The molecule has 2 amide bonds. The lowest BCUT2D eigenvalue weighted by Gasteiger charge is -2.19. The highest BCUT2D eigenvalue weighted by Crippen LogP contribution is 2.55. The molecule has 1 heterocycles. The highest BCUT2D eigenvalue weighted by molar-refractivity contribution is 6.05. The summed E-state index contributed by atoms with van der Waals surface area (Å²) >= 11 is 0. The van der Waals surface area contributed by atoms with Gasteiger partial charge in [-0.1, -0.05) is 0 Å². The van der Waals surface area contributed by atoms with Gasteiger partial charge in [-0.25, -0.2) is 10.9 Å². The highest BCUT2D eigenvalue weighted by atomic mass is 16.2. The lowest BCUT2D eigenvalue weighted by atomic mass is 9.81. The minimum Gasteiger partial charge on any atom is -0.273 e. The number of nitrogens with two attached hydrogens (primary N) is 1. The molecule has 3 fully saturated rings. The summed E-state index contributed by atoms with van der Waals surface area (Å²) in [6.07, 6.45) is 3.29. The summed E-state index contributed by atoms with van der Waals surface area (Å²) in [4.78, 5) is 23.1. The van der Waals surface area contributed by atoms with E-state index < -0.39 is 0 Å². The largest absolute Gasteiger partial charge is 0.273 e. The fourth-order valence-electron chi connectivity index (χ4n) is 3.43. The molecule has 4 heteroatoms. The Labute approximate surface area is 76.0 Å². The first kappa shape index (κ1) is 7.50. The summed E-state index contributed by atoms with van der Waals surface area (Å²) in [6.45, 7) is 0. The van der Waals surface area contributed by atoms with Crippen molar-refractivity contribution in [1.29, 1.82) is 0 Å². The van der Waals surface area contributed by atoms with Gasteiger partial charge in [0.1, 0.15) is 0 Å². The van der Waals surface area contributed by atoms with Crippen LogP contribution < -0.4 is 5.84 Å². The van der Waals surface area contributed by atoms with Crippen LogP contribution >= 0.6 is 0 Å². The molecule has 2 bridgehead atoms. The van der Waals surface area contributed by atoms with Crippen LogP contribution in [-0.2, 0) is 9.59 Å². The molecule has 0 aromatic rings. The van der Waals surface area contributed by atoms with E-state index in [2.05, 4.69) is 0 Å². The Kier molecular flexibility index (Phi) is 1.22. The monoisotopic (exact) mass is 180 g/mol. The van der Waals surface area contributed by atoms with Crippen molar-refractivity contribution in [2.24, 2.45) is 29.5 Å². The molecule has 2 saturated carbocycles. The van der Waals surface area contributed by atoms with E-state index in [1.807, 2.05) is 0 Å². The zero-order valence-electron chi connectivity index (χ0n) is 7.27. The van der Waals surface area contributed by atoms with Gasteiger partial charge in [0.25, 0.3) is 0 Å². The average Bonchev–Trinajstić information content (AvgIpc) is 2.76. The topological polar surface area (TPSA) is 63.4 Å². The quantitative estimate of drug-likeness (QED) is 0.321. The van der Waals surface area contributed by atoms with Crippen LogP contribution in [0.1, 0.15) is 19.3 Å². The van der Waals surface area contributed by atoms with Gasteiger partial charge in [0.05, 0.1) is 11.8 Å². The SMILES string of the molecule is NN1C(=O)[C@@H]2[C@@H]3CC[C@@H](C3)[C@@H]2C1=O. The summed E-state index contributed by atoms with van der Waals surface area (Å²) in [5.74, 6) is 5.90. The lowest BCUT2D eigenvalue weighted by Crippen LogP contribution is -2.38. The van der Waals surface area contributed by atoms with E-state index in [9.17, 15) is 9.59 Å². The van der Waals surface area contributed by atoms with E-state index >= 15 is 0 Å². The van der Waals surface area contributed by atoms with E-state index in [0.717, 1.165) is 24.3 Å². The Morgan fingerprint density at radius 2 is 1.54 bits per heavy atom. The molecule has 2 N–H and O–H groups in total. The molecule has 4 atom stereocenters. The van der Waals surface area contributed by atoms with Gasteiger partial charge in [-0.05, 0) is 31.1 Å². The van der Waals surface area contributed by atoms with Crippen LogP contribution in [0, 0.1) is 23.7 Å². The Balaban J connectivity index is 2.03. The third-order valence-electron chi connectivity index (χ3n) is 3.96. The highest BCUT2D eigenvalue weighted by Gasteiger charge is 2.60. The number of amides is 2. The van der Waals surface area contributed by atoms with E-state index in [1.165, 1.54) is 0 Å². The van der Waals surface area contributed by atoms with Crippen molar-refractivity contribution in [3.63, 3.8) is 0 Å². The fraction of sp³-hybridized carbons (Fsp3) is 0.778. The van der Waals surface area contributed by atoms with E-state index in [4.69, 9.17) is 5.84 Å². The van der Waals surface area contributed by atoms with Crippen molar-refractivity contribution >= 4 is 11.8 Å². The predicted molar refractivity (Wildman–Crippen MR) is 43.9 cm³/mol. The number of hydrazine groups is 1.